The molecule has 1 atom stereocenters. The summed E-state index contributed by atoms with van der Waals surface area (Å²) in [6, 6.07) is 12.5. The minimum absolute atomic E-state index is 0.128. The normalized spacial score (nSPS) is 17.5. The van der Waals surface area contributed by atoms with Gasteiger partial charge in [0.15, 0.2) is 0 Å². The summed E-state index contributed by atoms with van der Waals surface area (Å²) in [6.45, 7) is 3.55. The van der Waals surface area contributed by atoms with Gasteiger partial charge in [0, 0.05) is 11.8 Å². The molecule has 7 nitrogen and oxygen atoms in total. The molecule has 0 aliphatic carbocycles. The molecule has 1 fully saturated rings. The third-order valence-electron chi connectivity index (χ3n) is 5.45. The largest absolute Gasteiger partial charge is 0.507 e. The molecule has 1 amide bonds. The van der Waals surface area contributed by atoms with Crippen molar-refractivity contribution in [2.24, 2.45) is 0 Å². The molecule has 2 heterocycles. The van der Waals surface area contributed by atoms with Crippen molar-refractivity contribution in [1.82, 2.24) is 0 Å². The summed E-state index contributed by atoms with van der Waals surface area (Å²) >= 11 is 6.31. The van der Waals surface area contributed by atoms with Crippen molar-refractivity contribution in [3.05, 3.63) is 81.8 Å². The minimum atomic E-state index is -1.00. The average molecular weight is 468 g/mol. The first-order chi connectivity index (χ1) is 15.8. The van der Waals surface area contributed by atoms with Gasteiger partial charge in [0.1, 0.15) is 34.8 Å². The van der Waals surface area contributed by atoms with Crippen LogP contribution in [0.15, 0.2) is 58.5 Å². The topological polar surface area (TPSA) is 89.2 Å². The van der Waals surface area contributed by atoms with E-state index in [-0.39, 0.29) is 21.9 Å². The zero-order valence-corrected chi connectivity index (χ0v) is 19.3. The molecule has 1 saturated heterocycles. The Labute approximate surface area is 195 Å². The Morgan fingerprint density at radius 3 is 2.45 bits per heavy atom. The van der Waals surface area contributed by atoms with Crippen LogP contribution < -0.4 is 14.4 Å². The maximum Gasteiger partial charge on any atom is 0.300 e. The number of furan rings is 1. The number of carbonyl (C=O) groups excluding carboxylic acids is 2. The molecule has 33 heavy (non-hydrogen) atoms. The molecule has 8 heteroatoms. The Kier molecular flexibility index (Phi) is 5.91. The molecular formula is C25H22ClNO6. The number of ketones is 1. The lowest BCUT2D eigenvalue weighted by atomic mass is 9.97. The number of amides is 1. The molecule has 170 valence electrons. The van der Waals surface area contributed by atoms with E-state index in [9.17, 15) is 14.7 Å². The van der Waals surface area contributed by atoms with Crippen LogP contribution >= 0.6 is 11.6 Å². The molecule has 1 aliphatic heterocycles. The fraction of sp³-hybridized carbons (Fsp3) is 0.200. The molecule has 3 aromatic rings. The zero-order chi connectivity index (χ0) is 23.9. The van der Waals surface area contributed by atoms with Crippen molar-refractivity contribution >= 4 is 34.7 Å². The van der Waals surface area contributed by atoms with Gasteiger partial charge in [0.25, 0.3) is 11.7 Å². The number of Topliss-reactive ketones (excluding diaryl/α,β-unsaturated/α-hetero) is 1. The van der Waals surface area contributed by atoms with E-state index < -0.39 is 23.5 Å². The molecule has 1 aromatic heterocycles. The Morgan fingerprint density at radius 1 is 1.06 bits per heavy atom. The molecule has 0 spiro atoms. The second-order valence-electron chi connectivity index (χ2n) is 7.65. The van der Waals surface area contributed by atoms with Gasteiger partial charge in [-0.25, -0.2) is 0 Å². The number of carbonyl (C=O) groups is 2. The van der Waals surface area contributed by atoms with Gasteiger partial charge in [0.05, 0.1) is 30.4 Å². The maximum atomic E-state index is 13.3. The van der Waals surface area contributed by atoms with E-state index in [4.69, 9.17) is 25.5 Å². The van der Waals surface area contributed by atoms with Gasteiger partial charge in [-0.2, -0.15) is 0 Å². The van der Waals surface area contributed by atoms with Gasteiger partial charge in [0.2, 0.25) is 0 Å². The summed E-state index contributed by atoms with van der Waals surface area (Å²) in [5, 5.41) is 11.6. The van der Waals surface area contributed by atoms with Crippen LogP contribution in [0.2, 0.25) is 5.02 Å². The van der Waals surface area contributed by atoms with Crippen LogP contribution in [0.25, 0.3) is 5.76 Å². The summed E-state index contributed by atoms with van der Waals surface area (Å²) in [4.78, 5) is 27.8. The average Bonchev–Trinajstić information content (AvgIpc) is 3.33. The highest BCUT2D eigenvalue weighted by molar-refractivity contribution is 6.51. The van der Waals surface area contributed by atoms with Crippen LogP contribution in [0.5, 0.6) is 11.5 Å². The molecule has 0 radical (unpaired) electrons. The molecular weight excluding hydrogens is 446 g/mol. The van der Waals surface area contributed by atoms with Gasteiger partial charge in [-0.3, -0.25) is 14.5 Å². The summed E-state index contributed by atoms with van der Waals surface area (Å²) in [5.41, 5.74) is 1.25. The second kappa shape index (κ2) is 8.67. The highest BCUT2D eigenvalue weighted by atomic mass is 35.5. The molecule has 1 unspecified atom stereocenters. The SMILES string of the molecule is COc1cccc(N2C(=O)C(=O)/C(=C(/O)c3cc(C)cc(Cl)c3OC)C2c2ccc(C)o2)c1. The number of hydrogen-bond donors (Lipinski definition) is 1. The van der Waals surface area contributed by atoms with Crippen LogP contribution in [0.1, 0.15) is 28.7 Å². The molecule has 2 aromatic carbocycles. The number of halogens is 1. The van der Waals surface area contributed by atoms with E-state index in [0.29, 0.717) is 23.0 Å². The lowest BCUT2D eigenvalue weighted by Crippen LogP contribution is -2.29. The van der Waals surface area contributed by atoms with E-state index in [1.807, 2.05) is 0 Å². The van der Waals surface area contributed by atoms with Crippen molar-refractivity contribution in [3.8, 4) is 11.5 Å². The Hall–Kier alpha value is -3.71. The summed E-state index contributed by atoms with van der Waals surface area (Å²) < 4.78 is 16.5. The first-order valence-electron chi connectivity index (χ1n) is 10.1. The number of ether oxygens (including phenoxy) is 2. The molecule has 4 rings (SSSR count). The van der Waals surface area contributed by atoms with Crippen LogP contribution in [0.4, 0.5) is 5.69 Å². The highest BCUT2D eigenvalue weighted by Crippen LogP contribution is 2.45. The van der Waals surface area contributed by atoms with Crippen molar-refractivity contribution in [2.45, 2.75) is 19.9 Å². The van der Waals surface area contributed by atoms with Crippen LogP contribution in [-0.2, 0) is 9.59 Å². The predicted molar refractivity (Wildman–Crippen MR) is 124 cm³/mol. The maximum absolute atomic E-state index is 13.3. The summed E-state index contributed by atoms with van der Waals surface area (Å²) in [5.74, 6) is -0.431. The van der Waals surface area contributed by atoms with E-state index >= 15 is 0 Å². The minimum Gasteiger partial charge on any atom is -0.507 e. The number of nitrogens with zero attached hydrogens (tertiary/aromatic N) is 1. The van der Waals surface area contributed by atoms with Gasteiger partial charge < -0.3 is 19.0 Å². The van der Waals surface area contributed by atoms with Crippen LogP contribution in [0.3, 0.4) is 0 Å². The van der Waals surface area contributed by atoms with E-state index in [2.05, 4.69) is 0 Å². The van der Waals surface area contributed by atoms with Gasteiger partial charge in [-0.05, 0) is 55.8 Å². The number of benzene rings is 2. The number of methoxy groups -OCH3 is 2. The Balaban J connectivity index is 1.99. The van der Waals surface area contributed by atoms with Crippen molar-refractivity contribution in [1.29, 1.82) is 0 Å². The monoisotopic (exact) mass is 467 g/mol. The molecule has 1 aliphatic rings. The van der Waals surface area contributed by atoms with Crippen LogP contribution in [0, 0.1) is 13.8 Å². The number of aliphatic hydroxyl groups excluding tert-OH is 1. The number of aryl methyl sites for hydroxylation is 2. The van der Waals surface area contributed by atoms with Gasteiger partial charge in [-0.15, -0.1) is 0 Å². The van der Waals surface area contributed by atoms with Crippen molar-refractivity contribution in [3.63, 3.8) is 0 Å². The number of aliphatic hydroxyl groups is 1. The van der Waals surface area contributed by atoms with E-state index in [1.54, 1.807) is 62.4 Å². The molecule has 0 saturated carbocycles. The molecule has 0 bridgehead atoms. The first-order valence-corrected chi connectivity index (χ1v) is 10.5. The number of hydrogen-bond acceptors (Lipinski definition) is 6. The predicted octanol–water partition coefficient (Wildman–Crippen LogP) is 5.19. The quantitative estimate of drug-likeness (QED) is 0.315. The first kappa shape index (κ1) is 22.5. The Morgan fingerprint density at radius 2 is 1.82 bits per heavy atom. The summed E-state index contributed by atoms with van der Waals surface area (Å²) in [7, 11) is 2.92. The third-order valence-corrected chi connectivity index (χ3v) is 5.73. The zero-order valence-electron chi connectivity index (χ0n) is 18.5. The lowest BCUT2D eigenvalue weighted by Gasteiger charge is -2.24. The smallest absolute Gasteiger partial charge is 0.300 e. The fourth-order valence-corrected chi connectivity index (χ4v) is 4.34. The third kappa shape index (κ3) is 3.85. The Bertz CT molecular complexity index is 1290. The highest BCUT2D eigenvalue weighted by Gasteiger charge is 2.48. The van der Waals surface area contributed by atoms with Crippen LogP contribution in [-0.4, -0.2) is 31.0 Å². The summed E-state index contributed by atoms with van der Waals surface area (Å²) in [6.07, 6.45) is 0. The second-order valence-corrected chi connectivity index (χ2v) is 8.05. The van der Waals surface area contributed by atoms with Crippen molar-refractivity contribution < 1.29 is 28.6 Å². The standard InChI is InChI=1S/C25H22ClNO6/c1-13-10-17(24(32-4)18(26)11-13)22(28)20-21(19-9-8-14(2)33-19)27(25(30)23(20)29)15-6-5-7-16(12-15)31-3/h5-12,21,28H,1-4H3/b22-20+. The lowest BCUT2D eigenvalue weighted by molar-refractivity contribution is -0.132. The van der Waals surface area contributed by atoms with Gasteiger partial charge >= 0.3 is 0 Å². The van der Waals surface area contributed by atoms with Crippen molar-refractivity contribution in [2.75, 3.05) is 19.1 Å². The van der Waals surface area contributed by atoms with E-state index in [0.717, 1.165) is 5.56 Å². The number of rotatable bonds is 5. The number of anilines is 1. The fourth-order valence-electron chi connectivity index (χ4n) is 3.99. The molecule has 1 N–H and O–H groups in total. The van der Waals surface area contributed by atoms with E-state index in [1.165, 1.54) is 19.1 Å². The van der Waals surface area contributed by atoms with Gasteiger partial charge in [-0.1, -0.05) is 17.7 Å².